The fraction of sp³-hybridized carbons (Fsp3) is 0.350. The lowest BCUT2D eigenvalue weighted by molar-refractivity contribution is -0.142. The van der Waals surface area contributed by atoms with Crippen LogP contribution in [-0.2, 0) is 4.79 Å². The Kier molecular flexibility index (Phi) is 5.26. The van der Waals surface area contributed by atoms with Crippen molar-refractivity contribution < 1.29 is 14.3 Å². The van der Waals surface area contributed by atoms with Crippen LogP contribution in [0.2, 0.25) is 0 Å². The normalized spacial score (nSPS) is 22.0. The summed E-state index contributed by atoms with van der Waals surface area (Å²) in [5.41, 5.74) is 1.98. The zero-order chi connectivity index (χ0) is 16.9. The van der Waals surface area contributed by atoms with Crippen LogP contribution >= 0.6 is 0 Å². The molecule has 0 radical (unpaired) electrons. The summed E-state index contributed by atoms with van der Waals surface area (Å²) in [7, 11) is 0. The summed E-state index contributed by atoms with van der Waals surface area (Å²) < 4.78 is 13.7. The van der Waals surface area contributed by atoms with E-state index in [-0.39, 0.29) is 23.8 Å². The quantitative estimate of drug-likeness (QED) is 0.867. The van der Waals surface area contributed by atoms with Gasteiger partial charge in [0.1, 0.15) is 5.82 Å². The van der Waals surface area contributed by atoms with E-state index in [1.165, 1.54) is 6.07 Å². The molecule has 0 heterocycles. The van der Waals surface area contributed by atoms with E-state index in [1.54, 1.807) is 12.1 Å². The minimum absolute atomic E-state index is 0.0896. The van der Waals surface area contributed by atoms with E-state index in [4.69, 9.17) is 5.11 Å². The summed E-state index contributed by atoms with van der Waals surface area (Å²) in [5, 5.41) is 12.7. The first kappa shape index (κ1) is 16.7. The van der Waals surface area contributed by atoms with Gasteiger partial charge >= 0.3 is 5.97 Å². The first-order chi connectivity index (χ1) is 11.6. The van der Waals surface area contributed by atoms with Gasteiger partial charge in [-0.2, -0.15) is 0 Å². The van der Waals surface area contributed by atoms with Gasteiger partial charge in [0.2, 0.25) is 0 Å². The molecule has 3 rings (SSSR count). The van der Waals surface area contributed by atoms with E-state index in [0.29, 0.717) is 12.8 Å². The van der Waals surface area contributed by atoms with Gasteiger partial charge in [0.05, 0.1) is 12.0 Å². The van der Waals surface area contributed by atoms with Gasteiger partial charge in [-0.15, -0.1) is 0 Å². The van der Waals surface area contributed by atoms with Crippen LogP contribution in [-0.4, -0.2) is 17.1 Å². The molecule has 1 unspecified atom stereocenters. The number of carbonyl (C=O) groups is 1. The number of rotatable bonds is 5. The van der Waals surface area contributed by atoms with E-state index in [0.717, 1.165) is 24.0 Å². The highest BCUT2D eigenvalue weighted by molar-refractivity contribution is 5.70. The van der Waals surface area contributed by atoms with Gasteiger partial charge in [-0.1, -0.05) is 42.5 Å². The molecule has 1 fully saturated rings. The number of aliphatic carboxylic acids is 1. The Hall–Kier alpha value is -2.20. The van der Waals surface area contributed by atoms with E-state index in [2.05, 4.69) is 5.32 Å². The van der Waals surface area contributed by atoms with E-state index >= 15 is 0 Å². The van der Waals surface area contributed by atoms with E-state index < -0.39 is 5.97 Å². The SMILES string of the molecule is O=C(O)C1CCC(NC(c2ccccc2)c2cccc(F)c2)CC1. The summed E-state index contributed by atoms with van der Waals surface area (Å²) >= 11 is 0. The van der Waals surface area contributed by atoms with Crippen molar-refractivity contribution >= 4 is 5.97 Å². The second-order valence-electron chi connectivity index (χ2n) is 6.45. The summed E-state index contributed by atoms with van der Waals surface area (Å²) in [6.07, 6.45) is 3.04. The van der Waals surface area contributed by atoms with Gasteiger partial charge in [0, 0.05) is 6.04 Å². The van der Waals surface area contributed by atoms with Crippen LogP contribution in [0.25, 0.3) is 0 Å². The lowest BCUT2D eigenvalue weighted by Gasteiger charge is -2.31. The van der Waals surface area contributed by atoms with Crippen molar-refractivity contribution in [3.8, 4) is 0 Å². The summed E-state index contributed by atoms with van der Waals surface area (Å²) in [5.74, 6) is -1.17. The van der Waals surface area contributed by atoms with Gasteiger partial charge in [-0.25, -0.2) is 4.39 Å². The largest absolute Gasteiger partial charge is 0.481 e. The first-order valence-electron chi connectivity index (χ1n) is 8.43. The molecular weight excluding hydrogens is 305 g/mol. The number of nitrogens with one attached hydrogen (secondary N) is 1. The molecule has 0 spiro atoms. The maximum Gasteiger partial charge on any atom is 0.306 e. The molecule has 2 aromatic carbocycles. The van der Waals surface area contributed by atoms with Crippen LogP contribution in [0, 0.1) is 11.7 Å². The molecule has 1 atom stereocenters. The molecule has 24 heavy (non-hydrogen) atoms. The predicted octanol–water partition coefficient (Wildman–Crippen LogP) is 4.15. The zero-order valence-corrected chi connectivity index (χ0v) is 13.5. The number of benzene rings is 2. The Morgan fingerprint density at radius 1 is 1.00 bits per heavy atom. The molecule has 2 aromatic rings. The summed E-state index contributed by atoms with van der Waals surface area (Å²) in [6, 6.07) is 16.8. The summed E-state index contributed by atoms with van der Waals surface area (Å²) in [4.78, 5) is 11.1. The molecule has 1 aliphatic carbocycles. The van der Waals surface area contributed by atoms with Crippen LogP contribution < -0.4 is 5.32 Å². The predicted molar refractivity (Wildman–Crippen MR) is 91.2 cm³/mol. The van der Waals surface area contributed by atoms with Gasteiger partial charge in [-0.05, 0) is 48.9 Å². The smallest absolute Gasteiger partial charge is 0.306 e. The third-order valence-electron chi connectivity index (χ3n) is 4.79. The van der Waals surface area contributed by atoms with Crippen molar-refractivity contribution in [2.24, 2.45) is 5.92 Å². The monoisotopic (exact) mass is 327 g/mol. The van der Waals surface area contributed by atoms with Crippen LogP contribution in [0.1, 0.15) is 42.9 Å². The number of carboxylic acids is 1. The fourth-order valence-electron chi connectivity index (χ4n) is 3.46. The second kappa shape index (κ2) is 7.58. The molecule has 1 saturated carbocycles. The Morgan fingerprint density at radius 2 is 1.67 bits per heavy atom. The minimum atomic E-state index is -0.696. The minimum Gasteiger partial charge on any atom is -0.481 e. The zero-order valence-electron chi connectivity index (χ0n) is 13.5. The third-order valence-corrected chi connectivity index (χ3v) is 4.79. The maximum absolute atomic E-state index is 13.7. The Morgan fingerprint density at radius 3 is 2.29 bits per heavy atom. The topological polar surface area (TPSA) is 49.3 Å². The Bertz CT molecular complexity index is 681. The van der Waals surface area contributed by atoms with Crippen LogP contribution in [0.3, 0.4) is 0 Å². The average Bonchev–Trinajstić information content (AvgIpc) is 2.61. The van der Waals surface area contributed by atoms with Crippen molar-refractivity contribution in [2.75, 3.05) is 0 Å². The third kappa shape index (κ3) is 4.01. The standard InChI is InChI=1S/C20H22FNO2/c21-17-8-4-7-16(13-17)19(14-5-2-1-3-6-14)22-18-11-9-15(10-12-18)20(23)24/h1-8,13,15,18-19,22H,9-12H2,(H,23,24). The van der Waals surface area contributed by atoms with Crippen molar-refractivity contribution in [1.29, 1.82) is 0 Å². The van der Waals surface area contributed by atoms with Crippen molar-refractivity contribution in [1.82, 2.24) is 5.32 Å². The van der Waals surface area contributed by atoms with Crippen LogP contribution in [0.15, 0.2) is 54.6 Å². The molecule has 4 heteroatoms. The van der Waals surface area contributed by atoms with Gasteiger partial charge in [0.25, 0.3) is 0 Å². The summed E-state index contributed by atoms with van der Waals surface area (Å²) in [6.45, 7) is 0. The van der Waals surface area contributed by atoms with Gasteiger partial charge in [0.15, 0.2) is 0 Å². The Labute approximate surface area is 141 Å². The van der Waals surface area contributed by atoms with E-state index in [9.17, 15) is 9.18 Å². The molecule has 3 nitrogen and oxygen atoms in total. The van der Waals surface area contributed by atoms with Crippen molar-refractivity contribution in [2.45, 2.75) is 37.8 Å². The highest BCUT2D eigenvalue weighted by atomic mass is 19.1. The van der Waals surface area contributed by atoms with E-state index in [1.807, 2.05) is 36.4 Å². The molecule has 0 bridgehead atoms. The highest BCUT2D eigenvalue weighted by Crippen LogP contribution is 2.29. The molecule has 0 amide bonds. The molecule has 0 aliphatic heterocycles. The highest BCUT2D eigenvalue weighted by Gasteiger charge is 2.28. The Balaban J connectivity index is 1.78. The van der Waals surface area contributed by atoms with Crippen LogP contribution in [0.5, 0.6) is 0 Å². The molecule has 1 aliphatic rings. The lowest BCUT2D eigenvalue weighted by Crippen LogP contribution is -2.37. The van der Waals surface area contributed by atoms with Gasteiger partial charge in [-0.3, -0.25) is 4.79 Å². The van der Waals surface area contributed by atoms with Crippen molar-refractivity contribution in [3.05, 3.63) is 71.5 Å². The van der Waals surface area contributed by atoms with Gasteiger partial charge < -0.3 is 10.4 Å². The molecule has 126 valence electrons. The molecule has 0 saturated heterocycles. The van der Waals surface area contributed by atoms with Crippen LogP contribution in [0.4, 0.5) is 4.39 Å². The molecule has 0 aromatic heterocycles. The first-order valence-corrected chi connectivity index (χ1v) is 8.43. The second-order valence-corrected chi connectivity index (χ2v) is 6.45. The average molecular weight is 327 g/mol. The molecule has 2 N–H and O–H groups in total. The number of halogens is 1. The number of hydrogen-bond donors (Lipinski definition) is 2. The van der Waals surface area contributed by atoms with Crippen molar-refractivity contribution in [3.63, 3.8) is 0 Å². The maximum atomic E-state index is 13.7. The lowest BCUT2D eigenvalue weighted by atomic mass is 9.85. The fourth-order valence-corrected chi connectivity index (χ4v) is 3.46. The number of hydrogen-bond acceptors (Lipinski definition) is 2. The number of carboxylic acid groups (broad SMARTS) is 1. The molecular formula is C20H22FNO2.